The number of aliphatic hydroxyl groups is 1. The lowest BCUT2D eigenvalue weighted by molar-refractivity contribution is -0.138. The summed E-state index contributed by atoms with van der Waals surface area (Å²) in [6.07, 6.45) is 10.3. The highest BCUT2D eigenvalue weighted by atomic mass is 16.6. The maximum Gasteiger partial charge on any atom is 0.170 e. The van der Waals surface area contributed by atoms with Crippen molar-refractivity contribution in [3.05, 3.63) is 11.6 Å². The van der Waals surface area contributed by atoms with Crippen LogP contribution in [0.4, 0.5) is 0 Å². The van der Waals surface area contributed by atoms with Crippen molar-refractivity contribution in [2.24, 2.45) is 28.6 Å². The fourth-order valence-corrected chi connectivity index (χ4v) is 7.94. The number of ether oxygens (including phenoxy) is 2. The highest BCUT2D eigenvalue weighted by Crippen LogP contribution is 2.73. The molecular weight excluding hydrogens is 340 g/mol. The summed E-state index contributed by atoms with van der Waals surface area (Å²) in [5.41, 5.74) is 1.23. The van der Waals surface area contributed by atoms with Crippen LogP contribution in [0.5, 0.6) is 0 Å². The van der Waals surface area contributed by atoms with Crippen LogP contribution < -0.4 is 0 Å². The maximum atomic E-state index is 13.1. The molecule has 1 saturated heterocycles. The Morgan fingerprint density at radius 1 is 1.30 bits per heavy atom. The molecule has 0 radical (unpaired) electrons. The third-order valence-corrected chi connectivity index (χ3v) is 9.46. The quantitative estimate of drug-likeness (QED) is 0.603. The number of Topliss-reactive ketones (excluding diaryl/α,β-unsaturated/α-hetero) is 1. The topological polar surface area (TPSA) is 59.1 Å². The molecule has 5 aliphatic rings. The molecule has 4 aliphatic carbocycles. The number of carbonyl (C=O) groups is 1. The molecule has 4 fully saturated rings. The summed E-state index contributed by atoms with van der Waals surface area (Å²) < 4.78 is 11.3. The van der Waals surface area contributed by atoms with Gasteiger partial charge in [-0.3, -0.25) is 4.79 Å². The second kappa shape index (κ2) is 5.90. The molecule has 5 rings (SSSR count). The van der Waals surface area contributed by atoms with Crippen LogP contribution in [0.1, 0.15) is 65.2 Å². The molecule has 150 valence electrons. The number of epoxide rings is 1. The zero-order chi connectivity index (χ0) is 19.0. The largest absolute Gasteiger partial charge is 0.393 e. The average Bonchev–Trinajstić information content (AvgIpc) is 3.32. The molecule has 0 aromatic heterocycles. The minimum atomic E-state index is -0.519. The van der Waals surface area contributed by atoms with Crippen molar-refractivity contribution in [2.75, 3.05) is 13.7 Å². The van der Waals surface area contributed by atoms with E-state index in [9.17, 15) is 9.90 Å². The molecule has 8 atom stereocenters. The summed E-state index contributed by atoms with van der Waals surface area (Å²) in [4.78, 5) is 13.1. The van der Waals surface area contributed by atoms with Crippen LogP contribution >= 0.6 is 0 Å². The standard InChI is InChI=1S/C23H34O4/c1-21-9-6-15(24)12-14(21)4-5-16-17(21)7-10-22(2)18(16)13-20-23(22,27-20)19(25)8-11-26-3/h4,15-18,20,24H,5-13H2,1-3H3/t15-,16-,17+,18-,20-,21-,22-,23-/m1/s1. The van der Waals surface area contributed by atoms with Crippen LogP contribution in [0, 0.1) is 28.6 Å². The van der Waals surface area contributed by atoms with E-state index in [1.165, 1.54) is 12.0 Å². The predicted octanol–water partition coefficient (Wildman–Crippen LogP) is 3.66. The summed E-state index contributed by atoms with van der Waals surface area (Å²) in [6.45, 7) is 5.30. The van der Waals surface area contributed by atoms with E-state index in [2.05, 4.69) is 19.9 Å². The first-order valence-corrected chi connectivity index (χ1v) is 10.9. The van der Waals surface area contributed by atoms with E-state index in [-0.39, 0.29) is 28.8 Å². The molecule has 0 bridgehead atoms. The highest BCUT2D eigenvalue weighted by Gasteiger charge is 2.79. The molecule has 1 aliphatic heterocycles. The van der Waals surface area contributed by atoms with Crippen molar-refractivity contribution in [2.45, 2.75) is 83.0 Å². The van der Waals surface area contributed by atoms with Crippen LogP contribution in [-0.4, -0.2) is 42.4 Å². The van der Waals surface area contributed by atoms with Gasteiger partial charge in [0.1, 0.15) is 0 Å². The normalized spacial score (nSPS) is 52.9. The average molecular weight is 375 g/mol. The molecule has 0 aromatic rings. The molecule has 27 heavy (non-hydrogen) atoms. The van der Waals surface area contributed by atoms with Gasteiger partial charge in [0.05, 0.1) is 18.8 Å². The van der Waals surface area contributed by atoms with Gasteiger partial charge in [0, 0.05) is 18.9 Å². The van der Waals surface area contributed by atoms with E-state index >= 15 is 0 Å². The maximum absolute atomic E-state index is 13.1. The monoisotopic (exact) mass is 374 g/mol. The van der Waals surface area contributed by atoms with Gasteiger partial charge in [0.15, 0.2) is 11.4 Å². The van der Waals surface area contributed by atoms with Crippen molar-refractivity contribution in [3.63, 3.8) is 0 Å². The third-order valence-electron chi connectivity index (χ3n) is 9.46. The Morgan fingerprint density at radius 2 is 2.11 bits per heavy atom. The van der Waals surface area contributed by atoms with Gasteiger partial charge in [-0.1, -0.05) is 25.5 Å². The van der Waals surface area contributed by atoms with Gasteiger partial charge in [-0.2, -0.15) is 0 Å². The van der Waals surface area contributed by atoms with E-state index in [1.807, 2.05) is 0 Å². The van der Waals surface area contributed by atoms with Crippen LogP contribution in [0.25, 0.3) is 0 Å². The number of rotatable bonds is 4. The minimum Gasteiger partial charge on any atom is -0.393 e. The molecule has 0 spiro atoms. The number of aliphatic hydroxyl groups excluding tert-OH is 1. The van der Waals surface area contributed by atoms with Crippen molar-refractivity contribution in [1.82, 2.24) is 0 Å². The van der Waals surface area contributed by atoms with Gasteiger partial charge in [-0.15, -0.1) is 0 Å². The van der Waals surface area contributed by atoms with Crippen molar-refractivity contribution in [1.29, 1.82) is 0 Å². The molecule has 0 amide bonds. The van der Waals surface area contributed by atoms with Crippen molar-refractivity contribution in [3.8, 4) is 0 Å². The molecular formula is C23H34O4. The SMILES string of the molecule is COCCC(=O)[C@@]12O[C@@H]1C[C@@H]1[C@@H]3CC=C4C[C@H](O)CC[C@@]4(C)[C@H]3CC[C@]12C. The zero-order valence-corrected chi connectivity index (χ0v) is 17.0. The second-order valence-electron chi connectivity index (χ2n) is 10.4. The predicted molar refractivity (Wildman–Crippen MR) is 102 cm³/mol. The summed E-state index contributed by atoms with van der Waals surface area (Å²) in [7, 11) is 1.66. The number of methoxy groups -OCH3 is 1. The van der Waals surface area contributed by atoms with Gasteiger partial charge >= 0.3 is 0 Å². The lowest BCUT2D eigenvalue weighted by atomic mass is 9.47. The molecule has 1 N–H and O–H groups in total. The van der Waals surface area contributed by atoms with Crippen molar-refractivity contribution >= 4 is 5.78 Å². The number of ketones is 1. The first-order valence-electron chi connectivity index (χ1n) is 10.9. The molecule has 4 nitrogen and oxygen atoms in total. The molecule has 3 saturated carbocycles. The van der Waals surface area contributed by atoms with Gasteiger partial charge in [0.25, 0.3) is 0 Å². The van der Waals surface area contributed by atoms with Crippen LogP contribution in [0.3, 0.4) is 0 Å². The summed E-state index contributed by atoms with van der Waals surface area (Å²) in [6, 6.07) is 0. The Balaban J connectivity index is 1.44. The molecule has 4 heteroatoms. The number of fused-ring (bicyclic) bond motifs is 7. The fraction of sp³-hybridized carbons (Fsp3) is 0.870. The minimum absolute atomic E-state index is 0.0143. The molecule has 1 heterocycles. The van der Waals surface area contributed by atoms with E-state index < -0.39 is 5.60 Å². The van der Waals surface area contributed by atoms with Crippen LogP contribution in [0.15, 0.2) is 11.6 Å². The summed E-state index contributed by atoms with van der Waals surface area (Å²) >= 11 is 0. The summed E-state index contributed by atoms with van der Waals surface area (Å²) in [5.74, 6) is 2.22. The zero-order valence-electron chi connectivity index (χ0n) is 17.0. The highest BCUT2D eigenvalue weighted by molar-refractivity contribution is 5.92. The van der Waals surface area contributed by atoms with Gasteiger partial charge in [0.2, 0.25) is 0 Å². The van der Waals surface area contributed by atoms with Crippen LogP contribution in [0.2, 0.25) is 0 Å². The number of hydrogen-bond acceptors (Lipinski definition) is 4. The fourth-order valence-electron chi connectivity index (χ4n) is 7.94. The van der Waals surface area contributed by atoms with Gasteiger partial charge < -0.3 is 14.6 Å². The Kier molecular flexibility index (Phi) is 4.00. The first kappa shape index (κ1) is 18.3. The number of hydrogen-bond donors (Lipinski definition) is 1. The lowest BCUT2D eigenvalue weighted by Crippen LogP contribution is -2.54. The Hall–Kier alpha value is -0.710. The summed E-state index contributed by atoms with van der Waals surface area (Å²) in [5, 5.41) is 10.2. The molecule has 0 unspecified atom stereocenters. The van der Waals surface area contributed by atoms with Crippen LogP contribution in [-0.2, 0) is 14.3 Å². The third kappa shape index (κ3) is 2.24. The number of carbonyl (C=O) groups excluding carboxylic acids is 1. The van der Waals surface area contributed by atoms with E-state index in [0.29, 0.717) is 30.8 Å². The van der Waals surface area contributed by atoms with E-state index in [1.54, 1.807) is 7.11 Å². The first-order chi connectivity index (χ1) is 12.9. The van der Waals surface area contributed by atoms with Crippen molar-refractivity contribution < 1.29 is 19.4 Å². The number of allylic oxidation sites excluding steroid dienone is 1. The smallest absolute Gasteiger partial charge is 0.170 e. The van der Waals surface area contributed by atoms with Gasteiger partial charge in [-0.05, 0) is 68.1 Å². The Bertz CT molecular complexity index is 686. The molecule has 0 aromatic carbocycles. The second-order valence-corrected chi connectivity index (χ2v) is 10.4. The van der Waals surface area contributed by atoms with E-state index in [0.717, 1.165) is 38.5 Å². The Morgan fingerprint density at radius 3 is 2.89 bits per heavy atom. The van der Waals surface area contributed by atoms with E-state index in [4.69, 9.17) is 9.47 Å². The Labute approximate surface area is 162 Å². The lowest BCUT2D eigenvalue weighted by Gasteiger charge is -2.58. The van der Waals surface area contributed by atoms with Gasteiger partial charge in [-0.25, -0.2) is 0 Å².